The Balaban J connectivity index is 2.77. The van der Waals surface area contributed by atoms with Gasteiger partial charge in [-0.25, -0.2) is 9.59 Å². The van der Waals surface area contributed by atoms with Crippen molar-refractivity contribution in [3.05, 3.63) is 39.9 Å². The Morgan fingerprint density at radius 2 is 1.67 bits per heavy atom. The number of hydrogen-bond donors (Lipinski definition) is 6. The van der Waals surface area contributed by atoms with Crippen molar-refractivity contribution in [2.45, 2.75) is 31.7 Å². The normalized spacial score (nSPS) is 12.5. The van der Waals surface area contributed by atoms with E-state index in [1.54, 1.807) is 6.26 Å². The van der Waals surface area contributed by atoms with E-state index < -0.39 is 66.0 Å². The molecule has 19 heteroatoms. The molecule has 0 bridgehead atoms. The van der Waals surface area contributed by atoms with Crippen LogP contribution in [-0.2, 0) is 40.1 Å². The Kier molecular flexibility index (Phi) is 16.3. The molecule has 17 nitrogen and oxygen atoms in total. The van der Waals surface area contributed by atoms with Crippen molar-refractivity contribution in [3.8, 4) is 0 Å². The summed E-state index contributed by atoms with van der Waals surface area (Å²) >= 11 is 2.40. The van der Waals surface area contributed by atoms with Crippen molar-refractivity contribution in [1.82, 2.24) is 21.3 Å². The first-order valence-electron chi connectivity index (χ1n) is 12.0. The van der Waals surface area contributed by atoms with Crippen LogP contribution in [0.5, 0.6) is 0 Å². The molecular formula is C23H32N6O11S2. The monoisotopic (exact) mass is 632 g/mol. The van der Waals surface area contributed by atoms with E-state index in [1.165, 1.54) is 54.7 Å². The highest BCUT2D eigenvalue weighted by Crippen LogP contribution is 2.12. The van der Waals surface area contributed by atoms with Crippen molar-refractivity contribution in [3.63, 3.8) is 0 Å². The third-order valence-electron chi connectivity index (χ3n) is 4.92. The second-order valence-corrected chi connectivity index (χ2v) is 10.3. The summed E-state index contributed by atoms with van der Waals surface area (Å²) in [5, 5.41) is 28.8. The van der Waals surface area contributed by atoms with Crippen LogP contribution in [0.3, 0.4) is 0 Å². The average Bonchev–Trinajstić information content (AvgIpc) is 2.94. The fourth-order valence-corrected chi connectivity index (χ4v) is 4.19. The number of hydrogen-bond acceptors (Lipinski definition) is 13. The summed E-state index contributed by atoms with van der Waals surface area (Å²) in [4.78, 5) is 81.9. The smallest absolute Gasteiger partial charge is 0.408 e. The SMILES string of the molecule is CSC[C@H](NC(=O)[C@@H](N)CSCNC(C)=O)C(=O)OC[C@@H](NC(=O)OCc1ccc([N+](=O)[O-])cc1)C(=O)NCC(=O)O. The molecule has 7 N–H and O–H groups in total. The summed E-state index contributed by atoms with van der Waals surface area (Å²) in [5.74, 6) is -3.76. The Labute approximate surface area is 248 Å². The highest BCUT2D eigenvalue weighted by Gasteiger charge is 2.28. The van der Waals surface area contributed by atoms with Crippen molar-refractivity contribution in [2.24, 2.45) is 5.73 Å². The van der Waals surface area contributed by atoms with Gasteiger partial charge in [-0.15, -0.1) is 11.8 Å². The number of alkyl carbamates (subject to hydrolysis) is 1. The number of thioether (sulfide) groups is 2. The molecule has 0 fully saturated rings. The Bertz CT molecular complexity index is 1120. The third-order valence-corrected chi connectivity index (χ3v) is 6.53. The number of rotatable bonds is 18. The number of carboxylic acid groups (broad SMARTS) is 1. The van der Waals surface area contributed by atoms with Crippen LogP contribution >= 0.6 is 23.5 Å². The highest BCUT2D eigenvalue weighted by atomic mass is 32.2. The summed E-state index contributed by atoms with van der Waals surface area (Å²) < 4.78 is 10.2. The van der Waals surface area contributed by atoms with E-state index in [4.69, 9.17) is 20.3 Å². The zero-order valence-electron chi connectivity index (χ0n) is 22.7. The molecule has 232 valence electrons. The summed E-state index contributed by atoms with van der Waals surface area (Å²) in [5.41, 5.74) is 6.08. The molecule has 0 saturated carbocycles. The van der Waals surface area contributed by atoms with Gasteiger partial charge >= 0.3 is 18.0 Å². The van der Waals surface area contributed by atoms with Gasteiger partial charge in [-0.2, -0.15) is 11.8 Å². The van der Waals surface area contributed by atoms with Crippen molar-refractivity contribution < 1.29 is 48.3 Å². The number of amides is 4. The van der Waals surface area contributed by atoms with E-state index >= 15 is 0 Å². The van der Waals surface area contributed by atoms with Gasteiger partial charge in [0.1, 0.15) is 31.8 Å². The molecule has 1 aromatic rings. The lowest BCUT2D eigenvalue weighted by Gasteiger charge is -2.22. The van der Waals surface area contributed by atoms with Gasteiger partial charge in [0, 0.05) is 30.6 Å². The summed E-state index contributed by atoms with van der Waals surface area (Å²) in [6, 6.07) is 1.38. The van der Waals surface area contributed by atoms with Crippen LogP contribution in [0.25, 0.3) is 0 Å². The molecule has 3 atom stereocenters. The number of carbonyl (C=O) groups is 6. The quantitative estimate of drug-likeness (QED) is 0.0371. The first-order chi connectivity index (χ1) is 19.8. The molecule has 0 radical (unpaired) electrons. The van der Waals surface area contributed by atoms with Crippen LogP contribution in [0.1, 0.15) is 12.5 Å². The second-order valence-electron chi connectivity index (χ2n) is 8.31. The van der Waals surface area contributed by atoms with E-state index in [0.717, 1.165) is 0 Å². The lowest BCUT2D eigenvalue weighted by Crippen LogP contribution is -2.53. The summed E-state index contributed by atoms with van der Waals surface area (Å²) in [6.07, 6.45) is 0.539. The van der Waals surface area contributed by atoms with Crippen LogP contribution in [0.4, 0.5) is 10.5 Å². The van der Waals surface area contributed by atoms with Gasteiger partial charge in [0.25, 0.3) is 5.69 Å². The summed E-state index contributed by atoms with van der Waals surface area (Å²) in [6.45, 7) is -0.507. The number of carbonyl (C=O) groups excluding carboxylic acids is 5. The minimum absolute atomic E-state index is 0.0803. The van der Waals surface area contributed by atoms with E-state index in [0.29, 0.717) is 5.56 Å². The van der Waals surface area contributed by atoms with Gasteiger partial charge in [0.2, 0.25) is 17.7 Å². The Morgan fingerprint density at radius 3 is 2.24 bits per heavy atom. The van der Waals surface area contributed by atoms with Crippen molar-refractivity contribution >= 4 is 65.0 Å². The molecule has 0 saturated heterocycles. The van der Waals surface area contributed by atoms with Gasteiger partial charge in [-0.1, -0.05) is 0 Å². The fourth-order valence-electron chi connectivity index (χ4n) is 2.81. The molecule has 0 aromatic heterocycles. The molecule has 1 rings (SSSR count). The standard InChI is InChI=1S/C23H32N6O11S2/c1-13(30)26-12-42-10-16(24)20(33)27-18(11-41-2)22(35)39-9-17(21(34)25-7-19(31)32)28-23(36)40-8-14-3-5-15(6-4-14)29(37)38/h3-6,16-18H,7-12,24H2,1-2H3,(H,25,34)(H,26,30)(H,27,33)(H,28,36)(H,31,32)/t16-,17+,18-/m0/s1. The minimum atomic E-state index is -1.57. The van der Waals surface area contributed by atoms with Gasteiger partial charge in [-0.05, 0) is 24.0 Å². The van der Waals surface area contributed by atoms with Crippen LogP contribution in [0.2, 0.25) is 0 Å². The number of nitro groups is 1. The van der Waals surface area contributed by atoms with Crippen molar-refractivity contribution in [2.75, 3.05) is 36.8 Å². The molecule has 0 spiro atoms. The fraction of sp³-hybridized carbons (Fsp3) is 0.478. The largest absolute Gasteiger partial charge is 0.480 e. The van der Waals surface area contributed by atoms with Gasteiger partial charge in [-0.3, -0.25) is 29.3 Å². The van der Waals surface area contributed by atoms with E-state index in [-0.39, 0.29) is 35.6 Å². The minimum Gasteiger partial charge on any atom is -0.480 e. The molecular weight excluding hydrogens is 600 g/mol. The highest BCUT2D eigenvalue weighted by molar-refractivity contribution is 7.99. The number of benzene rings is 1. The number of ether oxygens (including phenoxy) is 2. The molecule has 42 heavy (non-hydrogen) atoms. The first-order valence-corrected chi connectivity index (χ1v) is 14.6. The maximum absolute atomic E-state index is 12.7. The Hall–Kier alpha value is -4.10. The number of esters is 1. The van der Waals surface area contributed by atoms with Gasteiger partial charge < -0.3 is 41.6 Å². The number of nitrogens with zero attached hydrogens (tertiary/aromatic N) is 1. The second kappa shape index (κ2) is 19.1. The van der Waals surface area contributed by atoms with Crippen LogP contribution in [0, 0.1) is 10.1 Å². The molecule has 4 amide bonds. The lowest BCUT2D eigenvalue weighted by molar-refractivity contribution is -0.384. The number of nitrogens with two attached hydrogens (primary N) is 1. The first kappa shape index (κ1) is 35.9. The maximum Gasteiger partial charge on any atom is 0.408 e. The molecule has 0 heterocycles. The molecule has 0 unspecified atom stereocenters. The number of non-ortho nitro benzene ring substituents is 1. The predicted octanol–water partition coefficient (Wildman–Crippen LogP) is -1.06. The molecule has 0 aliphatic rings. The van der Waals surface area contributed by atoms with Gasteiger partial charge in [0.05, 0.1) is 16.8 Å². The van der Waals surface area contributed by atoms with E-state index in [2.05, 4.69) is 21.3 Å². The predicted molar refractivity (Wildman–Crippen MR) is 151 cm³/mol. The lowest BCUT2D eigenvalue weighted by atomic mass is 10.2. The number of nitro benzene ring substituents is 1. The molecule has 0 aliphatic carbocycles. The van der Waals surface area contributed by atoms with Crippen molar-refractivity contribution in [1.29, 1.82) is 0 Å². The van der Waals surface area contributed by atoms with Gasteiger partial charge in [0.15, 0.2) is 0 Å². The third kappa shape index (κ3) is 14.5. The summed E-state index contributed by atoms with van der Waals surface area (Å²) in [7, 11) is 0. The number of aliphatic carboxylic acids is 1. The van der Waals surface area contributed by atoms with Crippen LogP contribution in [-0.4, -0.2) is 101 Å². The van der Waals surface area contributed by atoms with Crippen LogP contribution in [0.15, 0.2) is 24.3 Å². The number of nitrogens with one attached hydrogen (secondary N) is 4. The van der Waals surface area contributed by atoms with E-state index in [9.17, 15) is 38.9 Å². The zero-order chi connectivity index (χ0) is 31.7. The maximum atomic E-state index is 12.7. The van der Waals surface area contributed by atoms with E-state index in [1.807, 2.05) is 0 Å². The average molecular weight is 633 g/mol. The topological polar surface area (TPSA) is 258 Å². The Morgan fingerprint density at radius 1 is 1.00 bits per heavy atom. The molecule has 0 aliphatic heterocycles. The zero-order valence-corrected chi connectivity index (χ0v) is 24.3. The van der Waals surface area contributed by atoms with Crippen LogP contribution < -0.4 is 27.0 Å². The number of carboxylic acids is 1. The molecule has 1 aromatic carbocycles.